The van der Waals surface area contributed by atoms with E-state index in [2.05, 4.69) is 4.90 Å². The number of ketones is 1. The third-order valence-corrected chi connectivity index (χ3v) is 2.49. The molecule has 3 heteroatoms. The van der Waals surface area contributed by atoms with Crippen molar-refractivity contribution in [3.05, 3.63) is 0 Å². The second-order valence-corrected chi connectivity index (χ2v) is 5.36. The second kappa shape index (κ2) is 6.23. The fourth-order valence-corrected chi connectivity index (χ4v) is 1.19. The smallest absolute Gasteiger partial charge is 0.139 e. The number of aliphatic hydroxyl groups excluding tert-OH is 1. The van der Waals surface area contributed by atoms with E-state index in [0.717, 1.165) is 19.5 Å². The van der Waals surface area contributed by atoms with Crippen LogP contribution in [0.5, 0.6) is 0 Å². The highest BCUT2D eigenvalue weighted by Gasteiger charge is 2.20. The van der Waals surface area contributed by atoms with Crippen LogP contribution in [0, 0.1) is 5.41 Å². The van der Waals surface area contributed by atoms with Gasteiger partial charge in [0.1, 0.15) is 5.78 Å². The summed E-state index contributed by atoms with van der Waals surface area (Å²) >= 11 is 0. The Labute approximate surface area is 93.5 Å². The molecule has 0 aromatic rings. The fraction of sp³-hybridized carbons (Fsp3) is 0.917. The summed E-state index contributed by atoms with van der Waals surface area (Å²) in [6.07, 6.45) is 1.10. The van der Waals surface area contributed by atoms with Crippen molar-refractivity contribution < 1.29 is 9.90 Å². The van der Waals surface area contributed by atoms with E-state index in [1.165, 1.54) is 0 Å². The van der Waals surface area contributed by atoms with Crippen LogP contribution in [-0.4, -0.2) is 42.0 Å². The SMILES string of the molecule is CC(O)CCN(C)CCC(=O)C(C)(C)C. The van der Waals surface area contributed by atoms with Crippen molar-refractivity contribution in [2.45, 2.75) is 46.6 Å². The van der Waals surface area contributed by atoms with Crippen LogP contribution in [-0.2, 0) is 4.79 Å². The van der Waals surface area contributed by atoms with Crippen molar-refractivity contribution in [1.29, 1.82) is 0 Å². The van der Waals surface area contributed by atoms with E-state index < -0.39 is 0 Å². The van der Waals surface area contributed by atoms with E-state index in [0.29, 0.717) is 12.2 Å². The standard InChI is InChI=1S/C12H25NO2/c1-10(14)6-8-13(5)9-7-11(15)12(2,3)4/h10,14H,6-9H2,1-5H3. The summed E-state index contributed by atoms with van der Waals surface area (Å²) in [6.45, 7) is 9.26. The largest absolute Gasteiger partial charge is 0.393 e. The first-order chi connectivity index (χ1) is 6.73. The van der Waals surface area contributed by atoms with Crippen LogP contribution in [0.15, 0.2) is 0 Å². The molecule has 0 heterocycles. The van der Waals surface area contributed by atoms with Gasteiger partial charge in [0.05, 0.1) is 6.10 Å². The predicted molar refractivity (Wildman–Crippen MR) is 62.9 cm³/mol. The van der Waals surface area contributed by atoms with E-state index in [4.69, 9.17) is 5.11 Å². The second-order valence-electron chi connectivity index (χ2n) is 5.36. The number of aliphatic hydroxyl groups is 1. The Hall–Kier alpha value is -0.410. The Bertz CT molecular complexity index is 194. The van der Waals surface area contributed by atoms with Gasteiger partial charge >= 0.3 is 0 Å². The number of carbonyl (C=O) groups excluding carboxylic acids is 1. The normalized spacial score (nSPS) is 14.3. The summed E-state index contributed by atoms with van der Waals surface area (Å²) in [5.41, 5.74) is -0.231. The highest BCUT2D eigenvalue weighted by molar-refractivity contribution is 5.83. The van der Waals surface area contributed by atoms with E-state index in [9.17, 15) is 4.79 Å². The molecule has 1 N–H and O–H groups in total. The molecule has 0 aromatic heterocycles. The minimum absolute atomic E-state index is 0.231. The van der Waals surface area contributed by atoms with Gasteiger partial charge in [-0.05, 0) is 20.4 Å². The van der Waals surface area contributed by atoms with E-state index in [1.54, 1.807) is 6.92 Å². The lowest BCUT2D eigenvalue weighted by atomic mass is 9.89. The van der Waals surface area contributed by atoms with Crippen molar-refractivity contribution >= 4 is 5.78 Å². The zero-order chi connectivity index (χ0) is 12.1. The molecule has 0 bridgehead atoms. The van der Waals surface area contributed by atoms with Crippen LogP contribution in [0.4, 0.5) is 0 Å². The molecule has 0 rings (SSSR count). The number of rotatable bonds is 6. The number of hydrogen-bond acceptors (Lipinski definition) is 3. The molecule has 1 atom stereocenters. The van der Waals surface area contributed by atoms with Gasteiger partial charge in [-0.25, -0.2) is 0 Å². The van der Waals surface area contributed by atoms with Crippen LogP contribution in [0.2, 0.25) is 0 Å². The molecule has 0 saturated carbocycles. The molecular weight excluding hydrogens is 190 g/mol. The lowest BCUT2D eigenvalue weighted by Crippen LogP contribution is -2.28. The molecule has 0 fully saturated rings. The molecule has 0 amide bonds. The van der Waals surface area contributed by atoms with Crippen LogP contribution < -0.4 is 0 Å². The van der Waals surface area contributed by atoms with Crippen molar-refractivity contribution in [2.75, 3.05) is 20.1 Å². The van der Waals surface area contributed by atoms with Gasteiger partial charge < -0.3 is 10.0 Å². The van der Waals surface area contributed by atoms with E-state index in [1.807, 2.05) is 27.8 Å². The number of carbonyl (C=O) groups is 1. The molecule has 0 aliphatic heterocycles. The van der Waals surface area contributed by atoms with Crippen molar-refractivity contribution in [3.63, 3.8) is 0 Å². The number of nitrogens with zero attached hydrogens (tertiary/aromatic N) is 1. The predicted octanol–water partition coefficient (Wildman–Crippen LogP) is 1.69. The van der Waals surface area contributed by atoms with Crippen molar-refractivity contribution in [1.82, 2.24) is 4.90 Å². The van der Waals surface area contributed by atoms with Crippen molar-refractivity contribution in [2.24, 2.45) is 5.41 Å². The summed E-state index contributed by atoms with van der Waals surface area (Å²) in [4.78, 5) is 13.7. The van der Waals surface area contributed by atoms with Gasteiger partial charge in [0.2, 0.25) is 0 Å². The molecule has 15 heavy (non-hydrogen) atoms. The van der Waals surface area contributed by atoms with E-state index in [-0.39, 0.29) is 11.5 Å². The maximum Gasteiger partial charge on any atom is 0.139 e. The van der Waals surface area contributed by atoms with Gasteiger partial charge in [-0.15, -0.1) is 0 Å². The highest BCUT2D eigenvalue weighted by Crippen LogP contribution is 2.16. The molecular formula is C12H25NO2. The van der Waals surface area contributed by atoms with Gasteiger partial charge in [-0.1, -0.05) is 20.8 Å². The van der Waals surface area contributed by atoms with Crippen LogP contribution >= 0.6 is 0 Å². The first-order valence-corrected chi connectivity index (χ1v) is 5.63. The zero-order valence-corrected chi connectivity index (χ0v) is 10.7. The van der Waals surface area contributed by atoms with Gasteiger partial charge in [-0.2, -0.15) is 0 Å². The molecule has 0 aliphatic rings. The Morgan fingerprint density at radius 3 is 2.27 bits per heavy atom. The van der Waals surface area contributed by atoms with E-state index >= 15 is 0 Å². The van der Waals surface area contributed by atoms with Gasteiger partial charge in [0, 0.05) is 24.9 Å². The molecule has 0 spiro atoms. The summed E-state index contributed by atoms with van der Waals surface area (Å²) < 4.78 is 0. The van der Waals surface area contributed by atoms with Gasteiger partial charge in [0.25, 0.3) is 0 Å². The lowest BCUT2D eigenvalue weighted by molar-refractivity contribution is -0.126. The highest BCUT2D eigenvalue weighted by atomic mass is 16.3. The molecule has 0 aromatic carbocycles. The van der Waals surface area contributed by atoms with Gasteiger partial charge in [0.15, 0.2) is 0 Å². The van der Waals surface area contributed by atoms with Crippen molar-refractivity contribution in [3.8, 4) is 0 Å². The lowest BCUT2D eigenvalue weighted by Gasteiger charge is -2.20. The average Bonchev–Trinajstić information content (AvgIpc) is 2.09. The summed E-state index contributed by atoms with van der Waals surface area (Å²) in [7, 11) is 1.98. The monoisotopic (exact) mass is 215 g/mol. The van der Waals surface area contributed by atoms with Gasteiger partial charge in [-0.3, -0.25) is 4.79 Å². The first-order valence-electron chi connectivity index (χ1n) is 5.63. The number of Topliss-reactive ketones (excluding diaryl/α,β-unsaturated/α-hetero) is 1. The molecule has 0 radical (unpaired) electrons. The maximum absolute atomic E-state index is 11.6. The third kappa shape index (κ3) is 7.51. The molecule has 3 nitrogen and oxygen atoms in total. The molecule has 1 unspecified atom stereocenters. The quantitative estimate of drug-likeness (QED) is 0.733. The zero-order valence-electron chi connectivity index (χ0n) is 10.7. The van der Waals surface area contributed by atoms with Crippen LogP contribution in [0.1, 0.15) is 40.5 Å². The summed E-state index contributed by atoms with van der Waals surface area (Å²) in [6, 6.07) is 0. The topological polar surface area (TPSA) is 40.5 Å². The fourth-order valence-electron chi connectivity index (χ4n) is 1.19. The molecule has 90 valence electrons. The minimum Gasteiger partial charge on any atom is -0.393 e. The Balaban J connectivity index is 3.72. The third-order valence-electron chi connectivity index (χ3n) is 2.49. The minimum atomic E-state index is -0.259. The van der Waals surface area contributed by atoms with Crippen LogP contribution in [0.25, 0.3) is 0 Å². The Kier molecular flexibility index (Phi) is 6.06. The summed E-state index contributed by atoms with van der Waals surface area (Å²) in [5.74, 6) is 0.298. The first kappa shape index (κ1) is 14.6. The van der Waals surface area contributed by atoms with Crippen LogP contribution in [0.3, 0.4) is 0 Å². The Morgan fingerprint density at radius 2 is 1.87 bits per heavy atom. The average molecular weight is 215 g/mol. The summed E-state index contributed by atoms with van der Waals surface area (Å²) in [5, 5.41) is 9.11. The molecule has 0 aliphatic carbocycles. The Morgan fingerprint density at radius 1 is 1.33 bits per heavy atom. The molecule has 0 saturated heterocycles. The maximum atomic E-state index is 11.6. The number of hydrogen-bond donors (Lipinski definition) is 1.